The predicted octanol–water partition coefficient (Wildman–Crippen LogP) is 2.79. The van der Waals surface area contributed by atoms with E-state index in [1.807, 2.05) is 20.8 Å². The van der Waals surface area contributed by atoms with Crippen molar-refractivity contribution in [1.82, 2.24) is 9.88 Å². The summed E-state index contributed by atoms with van der Waals surface area (Å²) in [7, 11) is 0. The molecular weight excluding hydrogens is 380 g/mol. The summed E-state index contributed by atoms with van der Waals surface area (Å²) in [6, 6.07) is 6.08. The number of nitrogens with one attached hydrogen (secondary N) is 1. The Morgan fingerprint density at radius 1 is 1.18 bits per heavy atom. The predicted molar refractivity (Wildman–Crippen MR) is 105 cm³/mol. The molecule has 0 fully saturated rings. The Balaban J connectivity index is 1.66. The van der Waals surface area contributed by atoms with Crippen LogP contribution in [0.15, 0.2) is 24.3 Å². The highest BCUT2D eigenvalue weighted by atomic mass is 32.1. The lowest BCUT2D eigenvalue weighted by Crippen LogP contribution is -2.39. The number of anilines is 1. The molecule has 28 heavy (non-hydrogen) atoms. The molecule has 9 heteroatoms. The van der Waals surface area contributed by atoms with Crippen molar-refractivity contribution in [3.05, 3.63) is 46.0 Å². The molecule has 8 nitrogen and oxygen atoms in total. The molecule has 0 aliphatic carbocycles. The Kier molecular flexibility index (Phi) is 5.37. The second kappa shape index (κ2) is 7.59. The van der Waals surface area contributed by atoms with Crippen LogP contribution in [0.5, 0.6) is 0 Å². The summed E-state index contributed by atoms with van der Waals surface area (Å²) in [5, 5.41) is 3.24. The van der Waals surface area contributed by atoms with E-state index in [2.05, 4.69) is 10.3 Å². The first-order valence-corrected chi connectivity index (χ1v) is 9.62. The molecule has 2 aromatic rings. The first-order valence-electron chi connectivity index (χ1n) is 8.80. The Morgan fingerprint density at radius 2 is 1.82 bits per heavy atom. The lowest BCUT2D eigenvalue weighted by molar-refractivity contribution is 0.0225. The van der Waals surface area contributed by atoms with E-state index in [0.717, 1.165) is 10.6 Å². The molecular formula is C19H22N4O4S. The number of carbonyl (C=O) groups is 3. The van der Waals surface area contributed by atoms with E-state index in [4.69, 9.17) is 10.5 Å². The molecule has 1 aromatic heterocycles. The van der Waals surface area contributed by atoms with Crippen LogP contribution in [0.25, 0.3) is 0 Å². The van der Waals surface area contributed by atoms with Crippen molar-refractivity contribution in [2.75, 3.05) is 11.9 Å². The Morgan fingerprint density at radius 3 is 2.43 bits per heavy atom. The highest BCUT2D eigenvalue weighted by Gasteiger charge is 2.28. The molecule has 3 N–H and O–H groups in total. The van der Waals surface area contributed by atoms with Gasteiger partial charge in [0, 0.05) is 29.0 Å². The van der Waals surface area contributed by atoms with Crippen LogP contribution in [0.1, 0.15) is 52.1 Å². The van der Waals surface area contributed by atoms with Gasteiger partial charge in [0.15, 0.2) is 5.13 Å². The number of amides is 3. The van der Waals surface area contributed by atoms with E-state index in [9.17, 15) is 14.4 Å². The molecule has 0 spiro atoms. The molecule has 2 heterocycles. The Hall–Kier alpha value is -2.94. The molecule has 0 radical (unpaired) electrons. The maximum atomic E-state index is 12.4. The van der Waals surface area contributed by atoms with Gasteiger partial charge in [-0.1, -0.05) is 11.3 Å². The summed E-state index contributed by atoms with van der Waals surface area (Å²) in [4.78, 5) is 42.8. The average molecular weight is 402 g/mol. The minimum absolute atomic E-state index is 0.328. The average Bonchev–Trinajstić information content (AvgIpc) is 3.01. The number of rotatable bonds is 3. The van der Waals surface area contributed by atoms with Gasteiger partial charge in [-0.15, -0.1) is 0 Å². The van der Waals surface area contributed by atoms with Gasteiger partial charge in [-0.05, 0) is 45.0 Å². The monoisotopic (exact) mass is 402 g/mol. The van der Waals surface area contributed by atoms with E-state index in [1.54, 1.807) is 4.90 Å². The second-order valence-electron chi connectivity index (χ2n) is 7.44. The fourth-order valence-corrected chi connectivity index (χ4v) is 3.71. The molecule has 0 unspecified atom stereocenters. The molecule has 3 rings (SSSR count). The summed E-state index contributed by atoms with van der Waals surface area (Å²) >= 11 is 1.34. The van der Waals surface area contributed by atoms with E-state index in [-0.39, 0.29) is 12.0 Å². The quantitative estimate of drug-likeness (QED) is 0.819. The van der Waals surface area contributed by atoms with E-state index < -0.39 is 11.5 Å². The zero-order valence-electron chi connectivity index (χ0n) is 15.9. The van der Waals surface area contributed by atoms with Crippen molar-refractivity contribution in [3.63, 3.8) is 0 Å². The van der Waals surface area contributed by atoms with Gasteiger partial charge in [0.05, 0.1) is 12.2 Å². The smallest absolute Gasteiger partial charge is 0.410 e. The summed E-state index contributed by atoms with van der Waals surface area (Å²) in [5.74, 6) is -0.875. The van der Waals surface area contributed by atoms with E-state index >= 15 is 0 Å². The van der Waals surface area contributed by atoms with Gasteiger partial charge in [0.25, 0.3) is 5.91 Å². The number of nitrogens with two attached hydrogens (primary N) is 1. The van der Waals surface area contributed by atoms with Gasteiger partial charge < -0.3 is 15.4 Å². The van der Waals surface area contributed by atoms with Crippen LogP contribution in [0.3, 0.4) is 0 Å². The number of nitrogens with zero attached hydrogens (tertiary/aromatic N) is 2. The number of thiazole rings is 1. The third kappa shape index (κ3) is 4.66. The topological polar surface area (TPSA) is 115 Å². The largest absolute Gasteiger partial charge is 0.444 e. The third-order valence-corrected chi connectivity index (χ3v) is 5.03. The molecule has 3 amide bonds. The molecule has 1 aliphatic rings. The highest BCUT2D eigenvalue weighted by molar-refractivity contribution is 7.15. The molecule has 1 aliphatic heterocycles. The van der Waals surface area contributed by atoms with Crippen molar-refractivity contribution < 1.29 is 19.1 Å². The number of fused-ring (bicyclic) bond motifs is 1. The number of benzene rings is 1. The first kappa shape index (κ1) is 19.8. The maximum Gasteiger partial charge on any atom is 0.410 e. The molecule has 0 saturated heterocycles. The van der Waals surface area contributed by atoms with Crippen LogP contribution >= 0.6 is 11.3 Å². The molecule has 148 valence electrons. The summed E-state index contributed by atoms with van der Waals surface area (Å²) in [6.45, 7) is 6.42. The van der Waals surface area contributed by atoms with Crippen LogP contribution in [0.4, 0.5) is 9.93 Å². The van der Waals surface area contributed by atoms with Gasteiger partial charge in [-0.2, -0.15) is 0 Å². The zero-order valence-corrected chi connectivity index (χ0v) is 16.8. The van der Waals surface area contributed by atoms with Gasteiger partial charge in [0.2, 0.25) is 5.91 Å². The number of hydrogen-bond donors (Lipinski definition) is 2. The number of ether oxygens (including phenoxy) is 1. The standard InChI is InChI=1S/C19H22N4O4S/c1-19(2,3)27-18(26)23-9-8-13-14(10-23)28-17(21-13)22-16(25)12-6-4-11(5-7-12)15(20)24/h4-7H,8-10H2,1-3H3,(H2,20,24)(H,21,22,25). The first-order chi connectivity index (χ1) is 13.1. The SMILES string of the molecule is CC(C)(C)OC(=O)N1CCc2nc(NC(=O)c3ccc(C(N)=O)cc3)sc2C1. The fraction of sp³-hybridized carbons (Fsp3) is 0.368. The van der Waals surface area contributed by atoms with E-state index in [0.29, 0.717) is 35.8 Å². The maximum absolute atomic E-state index is 12.4. The number of hydrogen-bond acceptors (Lipinski definition) is 6. The van der Waals surface area contributed by atoms with Crippen molar-refractivity contribution in [2.24, 2.45) is 5.73 Å². The minimum Gasteiger partial charge on any atom is -0.444 e. The van der Waals surface area contributed by atoms with Crippen LogP contribution in [0.2, 0.25) is 0 Å². The second-order valence-corrected chi connectivity index (χ2v) is 8.52. The molecule has 0 saturated carbocycles. The summed E-state index contributed by atoms with van der Waals surface area (Å²) in [6.07, 6.45) is 0.250. The van der Waals surface area contributed by atoms with Crippen molar-refractivity contribution in [2.45, 2.75) is 39.3 Å². The van der Waals surface area contributed by atoms with E-state index in [1.165, 1.54) is 35.6 Å². The highest BCUT2D eigenvalue weighted by Crippen LogP contribution is 2.29. The van der Waals surface area contributed by atoms with Crippen LogP contribution < -0.4 is 11.1 Å². The number of carbonyl (C=O) groups excluding carboxylic acids is 3. The Bertz CT molecular complexity index is 915. The minimum atomic E-state index is -0.547. The van der Waals surface area contributed by atoms with Crippen LogP contribution in [0, 0.1) is 0 Å². The van der Waals surface area contributed by atoms with Crippen molar-refractivity contribution >= 4 is 34.4 Å². The lowest BCUT2D eigenvalue weighted by Gasteiger charge is -2.29. The number of primary amides is 1. The van der Waals surface area contributed by atoms with Gasteiger partial charge in [0.1, 0.15) is 5.60 Å². The number of aromatic nitrogens is 1. The third-order valence-electron chi connectivity index (χ3n) is 4.04. The zero-order chi connectivity index (χ0) is 20.5. The summed E-state index contributed by atoms with van der Waals surface area (Å²) in [5.41, 5.74) is 6.27. The Labute approximate surface area is 166 Å². The van der Waals surface area contributed by atoms with Gasteiger partial charge in [-0.25, -0.2) is 9.78 Å². The molecule has 1 aromatic carbocycles. The molecule has 0 bridgehead atoms. The van der Waals surface area contributed by atoms with Gasteiger partial charge >= 0.3 is 6.09 Å². The summed E-state index contributed by atoms with van der Waals surface area (Å²) < 4.78 is 5.42. The fourth-order valence-electron chi connectivity index (χ4n) is 2.69. The normalized spacial score (nSPS) is 13.6. The molecule has 0 atom stereocenters. The van der Waals surface area contributed by atoms with Crippen molar-refractivity contribution in [3.8, 4) is 0 Å². The van der Waals surface area contributed by atoms with Crippen LogP contribution in [-0.2, 0) is 17.7 Å². The van der Waals surface area contributed by atoms with Gasteiger partial charge in [-0.3, -0.25) is 14.9 Å². The van der Waals surface area contributed by atoms with Crippen molar-refractivity contribution in [1.29, 1.82) is 0 Å². The van der Waals surface area contributed by atoms with Crippen LogP contribution in [-0.4, -0.2) is 39.9 Å². The lowest BCUT2D eigenvalue weighted by atomic mass is 10.1.